The second-order valence-electron chi connectivity index (χ2n) is 6.74. The van der Waals surface area contributed by atoms with Crippen molar-refractivity contribution in [3.05, 3.63) is 52.9 Å². The molecular formula is C20H20NO4. The fraction of sp³-hybridized carbons (Fsp3) is 0.350. The van der Waals surface area contributed by atoms with Gasteiger partial charge in [0, 0.05) is 18.7 Å². The molecule has 25 heavy (non-hydrogen) atoms. The Balaban J connectivity index is 1.54. The van der Waals surface area contributed by atoms with Crippen molar-refractivity contribution in [2.24, 2.45) is 0 Å². The van der Waals surface area contributed by atoms with Gasteiger partial charge in [0.15, 0.2) is 23.0 Å². The van der Waals surface area contributed by atoms with Gasteiger partial charge in [0.1, 0.15) is 0 Å². The molecule has 0 amide bonds. The Kier molecular flexibility index (Phi) is 3.48. The average Bonchev–Trinajstić information content (AvgIpc) is 3.27. The molecule has 2 aromatic carbocycles. The molecule has 0 aliphatic carbocycles. The minimum Gasteiger partial charge on any atom is -0.454 e. The van der Waals surface area contributed by atoms with E-state index in [0.717, 1.165) is 48.9 Å². The molecule has 0 unspecified atom stereocenters. The van der Waals surface area contributed by atoms with E-state index in [2.05, 4.69) is 36.6 Å². The molecule has 2 aromatic rings. The third-order valence-corrected chi connectivity index (χ3v) is 5.11. The number of hydrogen-bond donors (Lipinski definition) is 0. The summed E-state index contributed by atoms with van der Waals surface area (Å²) in [6.07, 6.45) is 4.11. The van der Waals surface area contributed by atoms with E-state index >= 15 is 0 Å². The van der Waals surface area contributed by atoms with E-state index in [1.807, 2.05) is 6.07 Å². The molecule has 0 saturated heterocycles. The molecule has 3 aliphatic heterocycles. The number of ether oxygens (including phenoxy) is 4. The van der Waals surface area contributed by atoms with Gasteiger partial charge in [0.25, 0.3) is 0 Å². The zero-order chi connectivity index (χ0) is 16.8. The van der Waals surface area contributed by atoms with Gasteiger partial charge in [0.05, 0.1) is 0 Å². The number of fused-ring (bicyclic) bond motifs is 5. The van der Waals surface area contributed by atoms with E-state index in [4.69, 9.17) is 18.9 Å². The van der Waals surface area contributed by atoms with Crippen LogP contribution in [-0.2, 0) is 19.4 Å². The number of likely N-dealkylation sites (N-methyl/N-ethyl adjacent to an activating group) is 1. The van der Waals surface area contributed by atoms with Crippen molar-refractivity contribution in [1.29, 1.82) is 0 Å². The lowest BCUT2D eigenvalue weighted by Gasteiger charge is -2.23. The highest BCUT2D eigenvalue weighted by atomic mass is 16.7. The van der Waals surface area contributed by atoms with Crippen LogP contribution in [0.5, 0.6) is 23.0 Å². The van der Waals surface area contributed by atoms with Crippen molar-refractivity contribution in [2.45, 2.75) is 19.4 Å². The summed E-state index contributed by atoms with van der Waals surface area (Å²) in [5, 5.41) is 0. The van der Waals surface area contributed by atoms with Gasteiger partial charge in [0.2, 0.25) is 13.6 Å². The zero-order valence-corrected chi connectivity index (χ0v) is 14.2. The van der Waals surface area contributed by atoms with Gasteiger partial charge < -0.3 is 23.8 Å². The van der Waals surface area contributed by atoms with E-state index in [9.17, 15) is 0 Å². The van der Waals surface area contributed by atoms with Crippen LogP contribution < -0.4 is 18.9 Å². The highest BCUT2D eigenvalue weighted by Crippen LogP contribution is 2.40. The number of hydrogen-bond acceptors (Lipinski definition) is 5. The quantitative estimate of drug-likeness (QED) is 0.739. The van der Waals surface area contributed by atoms with Crippen molar-refractivity contribution < 1.29 is 18.9 Å². The summed E-state index contributed by atoms with van der Waals surface area (Å²) in [5.41, 5.74) is 5.04. The minimum atomic E-state index is 0.310. The van der Waals surface area contributed by atoms with Crippen molar-refractivity contribution >= 4 is 0 Å². The molecular weight excluding hydrogens is 318 g/mol. The first-order chi connectivity index (χ1) is 12.3. The summed E-state index contributed by atoms with van der Waals surface area (Å²) in [4.78, 5) is 2.33. The highest BCUT2D eigenvalue weighted by Gasteiger charge is 2.24. The molecule has 5 rings (SSSR count). The predicted octanol–water partition coefficient (Wildman–Crippen LogP) is 2.93. The van der Waals surface area contributed by atoms with Gasteiger partial charge in [-0.05, 0) is 61.2 Å². The van der Waals surface area contributed by atoms with E-state index < -0.39 is 0 Å². The van der Waals surface area contributed by atoms with Crippen LogP contribution in [0, 0.1) is 6.42 Å². The standard InChI is InChI=1S/C20H20NO4/c1-21-7-6-15-9-19-18(23-11-24-19)8-14(15)3-2-13-4-5-17-20(16(13)10-21)25-12-22-17/h3-5,8-9H,2,6-7,10-12H2,1H3. The maximum Gasteiger partial charge on any atom is 0.231 e. The number of benzene rings is 2. The van der Waals surface area contributed by atoms with Crippen molar-refractivity contribution in [3.8, 4) is 23.0 Å². The Morgan fingerprint density at radius 3 is 2.60 bits per heavy atom. The Labute approximate surface area is 147 Å². The van der Waals surface area contributed by atoms with E-state index in [1.165, 1.54) is 22.3 Å². The number of rotatable bonds is 0. The number of nitrogens with zero attached hydrogens (tertiary/aromatic N) is 1. The summed E-state index contributed by atoms with van der Waals surface area (Å²) in [6, 6.07) is 8.40. The van der Waals surface area contributed by atoms with Gasteiger partial charge in [-0.25, -0.2) is 0 Å². The lowest BCUT2D eigenvalue weighted by Crippen LogP contribution is -2.23. The Bertz CT molecular complexity index is 833. The van der Waals surface area contributed by atoms with Gasteiger partial charge in [-0.15, -0.1) is 0 Å². The van der Waals surface area contributed by atoms with E-state index in [0.29, 0.717) is 13.6 Å². The lowest BCUT2D eigenvalue weighted by atomic mass is 9.93. The van der Waals surface area contributed by atoms with Crippen LogP contribution in [0.25, 0.3) is 0 Å². The second-order valence-corrected chi connectivity index (χ2v) is 6.74. The SMILES string of the molecule is CN1CCc2cc3c(cc2[CH]Cc2ccc4c(c2C1)OCO4)OCO3. The molecule has 0 bridgehead atoms. The molecule has 0 saturated carbocycles. The van der Waals surface area contributed by atoms with Crippen molar-refractivity contribution in [1.82, 2.24) is 4.90 Å². The molecule has 0 fully saturated rings. The summed E-state index contributed by atoms with van der Waals surface area (Å²) < 4.78 is 22.4. The predicted molar refractivity (Wildman–Crippen MR) is 92.3 cm³/mol. The molecule has 3 aliphatic rings. The average molecular weight is 338 g/mol. The first-order valence-electron chi connectivity index (χ1n) is 8.62. The summed E-state index contributed by atoms with van der Waals surface area (Å²) in [5.74, 6) is 3.46. The first-order valence-corrected chi connectivity index (χ1v) is 8.62. The van der Waals surface area contributed by atoms with Crippen LogP contribution in [0.15, 0.2) is 24.3 Å². The molecule has 129 valence electrons. The highest BCUT2D eigenvalue weighted by molar-refractivity contribution is 5.55. The first kappa shape index (κ1) is 14.9. The molecule has 0 aromatic heterocycles. The van der Waals surface area contributed by atoms with Crippen LogP contribution >= 0.6 is 0 Å². The summed E-state index contributed by atoms with van der Waals surface area (Å²) >= 11 is 0. The Morgan fingerprint density at radius 2 is 1.68 bits per heavy atom. The van der Waals surface area contributed by atoms with Crippen molar-refractivity contribution in [3.63, 3.8) is 0 Å². The van der Waals surface area contributed by atoms with Crippen LogP contribution in [0.1, 0.15) is 22.3 Å². The lowest BCUT2D eigenvalue weighted by molar-refractivity contribution is 0.172. The maximum absolute atomic E-state index is 5.74. The monoisotopic (exact) mass is 338 g/mol. The summed E-state index contributed by atoms with van der Waals surface area (Å²) in [7, 11) is 2.15. The van der Waals surface area contributed by atoms with Crippen LogP contribution in [0.3, 0.4) is 0 Å². The van der Waals surface area contributed by atoms with Crippen LogP contribution in [-0.4, -0.2) is 32.1 Å². The minimum absolute atomic E-state index is 0.310. The molecule has 1 radical (unpaired) electrons. The Morgan fingerprint density at radius 1 is 0.880 bits per heavy atom. The normalized spacial score (nSPS) is 18.6. The maximum atomic E-state index is 5.74. The second kappa shape index (κ2) is 5.85. The third-order valence-electron chi connectivity index (χ3n) is 5.11. The van der Waals surface area contributed by atoms with Crippen molar-refractivity contribution in [2.75, 3.05) is 27.2 Å². The largest absolute Gasteiger partial charge is 0.454 e. The van der Waals surface area contributed by atoms with Gasteiger partial charge in [-0.2, -0.15) is 0 Å². The molecule has 5 nitrogen and oxygen atoms in total. The Hall–Kier alpha value is -2.40. The summed E-state index contributed by atoms with van der Waals surface area (Å²) in [6.45, 7) is 2.44. The fourth-order valence-corrected chi connectivity index (χ4v) is 3.72. The van der Waals surface area contributed by atoms with Gasteiger partial charge >= 0.3 is 0 Å². The molecule has 5 heteroatoms. The van der Waals surface area contributed by atoms with Crippen LogP contribution in [0.2, 0.25) is 0 Å². The zero-order valence-electron chi connectivity index (χ0n) is 14.2. The smallest absolute Gasteiger partial charge is 0.231 e. The van der Waals surface area contributed by atoms with Crippen LogP contribution in [0.4, 0.5) is 0 Å². The van der Waals surface area contributed by atoms with E-state index in [-0.39, 0.29) is 0 Å². The third kappa shape index (κ3) is 2.59. The molecule has 3 heterocycles. The molecule has 0 N–H and O–H groups in total. The van der Waals surface area contributed by atoms with E-state index in [1.54, 1.807) is 0 Å². The topological polar surface area (TPSA) is 40.2 Å². The fourth-order valence-electron chi connectivity index (χ4n) is 3.72. The van der Waals surface area contributed by atoms with Gasteiger partial charge in [-0.3, -0.25) is 0 Å². The molecule has 0 spiro atoms. The van der Waals surface area contributed by atoms with Gasteiger partial charge in [-0.1, -0.05) is 6.07 Å². The molecule has 0 atom stereocenters.